The lowest BCUT2D eigenvalue weighted by atomic mass is 10.3. The number of carboxylic acid groups (broad SMARTS) is 1. The number of nitrogens with zero attached hydrogens (tertiary/aromatic N) is 2. The minimum absolute atomic E-state index is 0.250. The van der Waals surface area contributed by atoms with Crippen molar-refractivity contribution >= 4 is 12.8 Å². The van der Waals surface area contributed by atoms with Crippen LogP contribution in [0.5, 0.6) is 0 Å². The van der Waals surface area contributed by atoms with Crippen LogP contribution in [-0.2, 0) is 4.79 Å². The van der Waals surface area contributed by atoms with Gasteiger partial charge in [0.2, 0.25) is 0 Å². The summed E-state index contributed by atoms with van der Waals surface area (Å²) in [4.78, 5) is 14.8. The third-order valence-electron chi connectivity index (χ3n) is 1.56. The molecule has 0 aromatic rings. The van der Waals surface area contributed by atoms with Gasteiger partial charge in [-0.15, -0.1) is 0 Å². The highest BCUT2D eigenvalue weighted by molar-refractivity contribution is 5.56. The van der Waals surface area contributed by atoms with Crippen LogP contribution in [0.1, 0.15) is 19.8 Å². The van der Waals surface area contributed by atoms with E-state index in [1.807, 2.05) is 6.34 Å². The highest BCUT2D eigenvalue weighted by atomic mass is 16.3. The van der Waals surface area contributed by atoms with Gasteiger partial charge in [-0.2, -0.15) is 0 Å². The SMILES string of the molecule is CCCCN1C=NCC1.O=CO. The molecule has 4 heteroatoms. The second-order valence-electron chi connectivity index (χ2n) is 2.52. The summed E-state index contributed by atoms with van der Waals surface area (Å²) in [5.41, 5.74) is 0. The van der Waals surface area contributed by atoms with Crippen molar-refractivity contribution in [2.24, 2.45) is 4.99 Å². The van der Waals surface area contributed by atoms with Gasteiger partial charge >= 0.3 is 0 Å². The predicted octanol–water partition coefficient (Wildman–Crippen LogP) is 0.831. The lowest BCUT2D eigenvalue weighted by Gasteiger charge is -2.11. The normalized spacial score (nSPS) is 13.9. The van der Waals surface area contributed by atoms with Gasteiger partial charge in [-0.05, 0) is 6.42 Å². The second kappa shape index (κ2) is 8.04. The summed E-state index contributed by atoms with van der Waals surface area (Å²) < 4.78 is 0. The van der Waals surface area contributed by atoms with E-state index in [2.05, 4.69) is 16.8 Å². The van der Waals surface area contributed by atoms with Crippen molar-refractivity contribution < 1.29 is 9.90 Å². The molecule has 0 saturated heterocycles. The van der Waals surface area contributed by atoms with E-state index in [0.29, 0.717) is 0 Å². The third kappa shape index (κ3) is 5.70. The molecule has 0 bridgehead atoms. The zero-order chi connectivity index (χ0) is 9.23. The topological polar surface area (TPSA) is 52.9 Å². The Morgan fingerprint density at radius 2 is 2.42 bits per heavy atom. The van der Waals surface area contributed by atoms with Crippen molar-refractivity contribution in [1.29, 1.82) is 0 Å². The van der Waals surface area contributed by atoms with Gasteiger partial charge in [0.1, 0.15) is 0 Å². The largest absolute Gasteiger partial charge is 0.483 e. The lowest BCUT2D eigenvalue weighted by molar-refractivity contribution is -0.122. The molecule has 70 valence electrons. The van der Waals surface area contributed by atoms with E-state index in [4.69, 9.17) is 9.90 Å². The fraction of sp³-hybridized carbons (Fsp3) is 0.750. The van der Waals surface area contributed by atoms with Crippen molar-refractivity contribution in [3.8, 4) is 0 Å². The Morgan fingerprint density at radius 3 is 2.83 bits per heavy atom. The molecule has 0 aliphatic carbocycles. The second-order valence-corrected chi connectivity index (χ2v) is 2.52. The highest BCUT2D eigenvalue weighted by Crippen LogP contribution is 1.96. The van der Waals surface area contributed by atoms with E-state index in [-0.39, 0.29) is 6.47 Å². The maximum absolute atomic E-state index is 8.36. The molecule has 1 N–H and O–H groups in total. The highest BCUT2D eigenvalue weighted by Gasteiger charge is 2.01. The molecule has 0 spiro atoms. The predicted molar refractivity (Wildman–Crippen MR) is 48.5 cm³/mol. The number of aliphatic imine (C=N–C) groups is 1. The van der Waals surface area contributed by atoms with Crippen molar-refractivity contribution in [2.75, 3.05) is 19.6 Å². The lowest BCUT2D eigenvalue weighted by Crippen LogP contribution is -2.20. The quantitative estimate of drug-likeness (QED) is 0.641. The number of hydrogen-bond acceptors (Lipinski definition) is 3. The van der Waals surface area contributed by atoms with E-state index < -0.39 is 0 Å². The van der Waals surface area contributed by atoms with Gasteiger partial charge in [-0.25, -0.2) is 0 Å². The summed E-state index contributed by atoms with van der Waals surface area (Å²) in [5.74, 6) is 0. The van der Waals surface area contributed by atoms with Crippen LogP contribution < -0.4 is 0 Å². The van der Waals surface area contributed by atoms with Crippen LogP contribution in [0, 0.1) is 0 Å². The molecule has 0 aromatic carbocycles. The molecule has 0 unspecified atom stereocenters. The van der Waals surface area contributed by atoms with Gasteiger partial charge in [0.25, 0.3) is 6.47 Å². The van der Waals surface area contributed by atoms with E-state index in [0.717, 1.165) is 13.1 Å². The monoisotopic (exact) mass is 172 g/mol. The van der Waals surface area contributed by atoms with E-state index >= 15 is 0 Å². The van der Waals surface area contributed by atoms with Crippen LogP contribution in [0.15, 0.2) is 4.99 Å². The van der Waals surface area contributed by atoms with Crippen LogP contribution in [-0.4, -0.2) is 42.5 Å². The minimum Gasteiger partial charge on any atom is -0.483 e. The zero-order valence-electron chi connectivity index (χ0n) is 7.44. The van der Waals surface area contributed by atoms with Gasteiger partial charge in [-0.3, -0.25) is 9.79 Å². The van der Waals surface area contributed by atoms with Crippen LogP contribution in [0.25, 0.3) is 0 Å². The molecule has 4 nitrogen and oxygen atoms in total. The fourth-order valence-electron chi connectivity index (χ4n) is 0.948. The van der Waals surface area contributed by atoms with Gasteiger partial charge in [0, 0.05) is 13.1 Å². The molecule has 12 heavy (non-hydrogen) atoms. The first-order valence-corrected chi connectivity index (χ1v) is 4.17. The Hall–Kier alpha value is -1.06. The van der Waals surface area contributed by atoms with Gasteiger partial charge < -0.3 is 10.0 Å². The van der Waals surface area contributed by atoms with Crippen LogP contribution in [0.3, 0.4) is 0 Å². The Labute approximate surface area is 72.9 Å². The minimum atomic E-state index is -0.250. The molecule has 0 atom stereocenters. The van der Waals surface area contributed by atoms with Gasteiger partial charge in [0.15, 0.2) is 0 Å². The van der Waals surface area contributed by atoms with Gasteiger partial charge in [-0.1, -0.05) is 13.3 Å². The molecule has 1 rings (SSSR count). The van der Waals surface area contributed by atoms with E-state index in [1.54, 1.807) is 0 Å². The maximum Gasteiger partial charge on any atom is 0.290 e. The molecule has 0 saturated carbocycles. The Bertz CT molecular complexity index is 137. The molecular weight excluding hydrogens is 156 g/mol. The Balaban J connectivity index is 0.000000354. The molecule has 0 radical (unpaired) electrons. The van der Waals surface area contributed by atoms with Crippen molar-refractivity contribution in [3.63, 3.8) is 0 Å². The summed E-state index contributed by atoms with van der Waals surface area (Å²) >= 11 is 0. The third-order valence-corrected chi connectivity index (χ3v) is 1.56. The zero-order valence-corrected chi connectivity index (χ0v) is 7.44. The summed E-state index contributed by atoms with van der Waals surface area (Å²) in [6, 6.07) is 0. The van der Waals surface area contributed by atoms with Crippen molar-refractivity contribution in [1.82, 2.24) is 4.90 Å². The summed E-state index contributed by atoms with van der Waals surface area (Å²) in [6.07, 6.45) is 4.55. The number of unbranched alkanes of at least 4 members (excludes halogenated alkanes) is 1. The molecule has 0 aromatic heterocycles. The Kier molecular flexibility index (Phi) is 7.33. The summed E-state index contributed by atoms with van der Waals surface area (Å²) in [5, 5.41) is 6.89. The molecule has 1 aliphatic rings. The number of rotatable bonds is 3. The van der Waals surface area contributed by atoms with Gasteiger partial charge in [0.05, 0.1) is 12.9 Å². The summed E-state index contributed by atoms with van der Waals surface area (Å²) in [7, 11) is 0. The number of carbonyl (C=O) groups is 1. The van der Waals surface area contributed by atoms with E-state index in [1.165, 1.54) is 19.4 Å². The first-order chi connectivity index (χ1) is 5.85. The van der Waals surface area contributed by atoms with Crippen molar-refractivity contribution in [2.45, 2.75) is 19.8 Å². The number of hydrogen-bond donors (Lipinski definition) is 1. The molecule has 1 aliphatic heterocycles. The fourth-order valence-corrected chi connectivity index (χ4v) is 0.948. The average Bonchev–Trinajstić information content (AvgIpc) is 2.54. The summed E-state index contributed by atoms with van der Waals surface area (Å²) in [6.45, 7) is 5.30. The van der Waals surface area contributed by atoms with E-state index in [9.17, 15) is 0 Å². The molecule has 1 heterocycles. The smallest absolute Gasteiger partial charge is 0.290 e. The van der Waals surface area contributed by atoms with Crippen LogP contribution in [0.4, 0.5) is 0 Å². The van der Waals surface area contributed by atoms with Crippen molar-refractivity contribution in [3.05, 3.63) is 0 Å². The van der Waals surface area contributed by atoms with Crippen LogP contribution >= 0.6 is 0 Å². The molecule has 0 fully saturated rings. The first kappa shape index (κ1) is 10.9. The molecular formula is C8H16N2O2. The average molecular weight is 172 g/mol. The maximum atomic E-state index is 8.36. The first-order valence-electron chi connectivity index (χ1n) is 4.17. The molecule has 0 amide bonds. The Morgan fingerprint density at radius 1 is 1.75 bits per heavy atom. The van der Waals surface area contributed by atoms with Crippen LogP contribution in [0.2, 0.25) is 0 Å². The standard InChI is InChI=1S/C7H14N2.CH2O2/c1-2-3-5-9-6-4-8-7-9;2-1-3/h7H,2-6H2,1H3;1H,(H,2,3).